The van der Waals surface area contributed by atoms with Crippen molar-refractivity contribution in [2.24, 2.45) is 7.05 Å². The molecule has 0 spiro atoms. The van der Waals surface area contributed by atoms with Crippen molar-refractivity contribution in [3.05, 3.63) is 111 Å². The number of hydrogen-bond acceptors (Lipinski definition) is 3. The summed E-state index contributed by atoms with van der Waals surface area (Å²) in [6.07, 6.45) is 1.09. The fourth-order valence-electron chi connectivity index (χ4n) is 4.43. The molecule has 1 amide bonds. The number of rotatable bonds is 5. The van der Waals surface area contributed by atoms with Crippen LogP contribution in [0.25, 0.3) is 10.9 Å². The van der Waals surface area contributed by atoms with Crippen LogP contribution in [-0.4, -0.2) is 17.0 Å². The maximum Gasteiger partial charge on any atom is 0.252 e. The molecule has 32 heavy (non-hydrogen) atoms. The third-order valence-electron chi connectivity index (χ3n) is 6.23. The van der Waals surface area contributed by atoms with Crippen LogP contribution in [0.15, 0.2) is 83.7 Å². The van der Waals surface area contributed by atoms with Crippen molar-refractivity contribution in [2.45, 2.75) is 19.5 Å². The Morgan fingerprint density at radius 2 is 1.66 bits per heavy atom. The molecule has 160 valence electrons. The van der Waals surface area contributed by atoms with Crippen LogP contribution in [0.4, 0.5) is 5.69 Å². The number of carbonyl (C=O) groups is 1. The lowest BCUT2D eigenvalue weighted by molar-refractivity contribution is 0.0952. The number of para-hydroxylation sites is 2. The number of aromatic nitrogens is 1. The molecule has 1 aliphatic rings. The van der Waals surface area contributed by atoms with E-state index in [9.17, 15) is 9.59 Å². The predicted octanol–water partition coefficient (Wildman–Crippen LogP) is 4.03. The number of nitrogens with zero attached hydrogens (tertiary/aromatic N) is 2. The smallest absolute Gasteiger partial charge is 0.252 e. The zero-order chi connectivity index (χ0) is 22.1. The van der Waals surface area contributed by atoms with Gasteiger partial charge in [-0.15, -0.1) is 0 Å². The van der Waals surface area contributed by atoms with E-state index in [4.69, 9.17) is 0 Å². The highest BCUT2D eigenvalue weighted by Crippen LogP contribution is 2.28. The number of nitrogens with one attached hydrogen (secondary N) is 1. The monoisotopic (exact) mass is 423 g/mol. The van der Waals surface area contributed by atoms with Crippen molar-refractivity contribution in [1.29, 1.82) is 0 Å². The number of fused-ring (bicyclic) bond motifs is 2. The first kappa shape index (κ1) is 20.1. The summed E-state index contributed by atoms with van der Waals surface area (Å²) in [7, 11) is 1.72. The highest BCUT2D eigenvalue weighted by Gasteiger charge is 2.18. The minimum Gasteiger partial charge on any atom is -0.367 e. The number of benzene rings is 3. The third-order valence-corrected chi connectivity index (χ3v) is 6.23. The van der Waals surface area contributed by atoms with E-state index in [0.717, 1.165) is 36.0 Å². The summed E-state index contributed by atoms with van der Waals surface area (Å²) in [5.41, 5.74) is 5.97. The molecule has 0 aliphatic carbocycles. The fraction of sp³-hybridized carbons (Fsp3) is 0.185. The lowest BCUT2D eigenvalue weighted by Crippen LogP contribution is -2.26. The van der Waals surface area contributed by atoms with Crippen LogP contribution in [0.2, 0.25) is 0 Å². The normalized spacial score (nSPS) is 12.7. The number of pyridine rings is 1. The van der Waals surface area contributed by atoms with Gasteiger partial charge in [-0.05, 0) is 35.2 Å². The summed E-state index contributed by atoms with van der Waals surface area (Å²) in [4.78, 5) is 27.5. The minimum atomic E-state index is -0.239. The molecule has 3 aromatic carbocycles. The van der Waals surface area contributed by atoms with Gasteiger partial charge in [-0.1, -0.05) is 60.7 Å². The highest BCUT2D eigenvalue weighted by atomic mass is 16.2. The molecule has 2 heterocycles. The van der Waals surface area contributed by atoms with Gasteiger partial charge in [0.15, 0.2) is 0 Å². The number of anilines is 1. The van der Waals surface area contributed by atoms with Gasteiger partial charge in [0, 0.05) is 43.8 Å². The first-order valence-electron chi connectivity index (χ1n) is 10.9. The topological polar surface area (TPSA) is 54.3 Å². The van der Waals surface area contributed by atoms with Crippen molar-refractivity contribution in [3.63, 3.8) is 0 Å². The van der Waals surface area contributed by atoms with Crippen molar-refractivity contribution in [1.82, 2.24) is 9.88 Å². The Hall–Kier alpha value is -3.86. The molecular weight excluding hydrogens is 398 g/mol. The molecular formula is C27H25N3O2. The van der Waals surface area contributed by atoms with E-state index in [1.165, 1.54) is 22.9 Å². The van der Waals surface area contributed by atoms with E-state index in [2.05, 4.69) is 58.7 Å². The summed E-state index contributed by atoms with van der Waals surface area (Å²) in [6.45, 7) is 2.33. The zero-order valence-corrected chi connectivity index (χ0v) is 18.0. The van der Waals surface area contributed by atoms with Crippen LogP contribution in [0, 0.1) is 0 Å². The average molecular weight is 424 g/mol. The Morgan fingerprint density at radius 3 is 2.50 bits per heavy atom. The quantitative estimate of drug-likeness (QED) is 0.527. The van der Waals surface area contributed by atoms with Gasteiger partial charge in [0.05, 0.1) is 11.1 Å². The Morgan fingerprint density at radius 1 is 0.938 bits per heavy atom. The van der Waals surface area contributed by atoms with Gasteiger partial charge in [-0.25, -0.2) is 0 Å². The van der Waals surface area contributed by atoms with Gasteiger partial charge in [-0.2, -0.15) is 0 Å². The van der Waals surface area contributed by atoms with Gasteiger partial charge in [0.25, 0.3) is 11.5 Å². The molecule has 1 aromatic heterocycles. The molecule has 5 heteroatoms. The van der Waals surface area contributed by atoms with Gasteiger partial charge in [-0.3, -0.25) is 9.59 Å². The second-order valence-corrected chi connectivity index (χ2v) is 8.27. The lowest BCUT2D eigenvalue weighted by atomic mass is 10.1. The molecule has 0 radical (unpaired) electrons. The van der Waals surface area contributed by atoms with Crippen LogP contribution in [-0.2, 0) is 26.6 Å². The van der Waals surface area contributed by atoms with Gasteiger partial charge in [0.1, 0.15) is 0 Å². The molecule has 1 aliphatic heterocycles. The molecule has 5 rings (SSSR count). The Bertz CT molecular complexity index is 1360. The number of aryl methyl sites for hydroxylation is 1. The van der Waals surface area contributed by atoms with Gasteiger partial charge >= 0.3 is 0 Å². The standard InChI is InChI=1S/C27H25N3O2/c1-29-25-9-5-3-7-22(25)23(16-26(29)31)27(32)28-17-19-10-12-20(13-11-19)18-30-15-14-21-6-2-4-8-24(21)30/h2-13,16H,14-15,17-18H2,1H3,(H,28,32). The largest absolute Gasteiger partial charge is 0.367 e. The van der Waals surface area contributed by atoms with Crippen LogP contribution in [0.3, 0.4) is 0 Å². The van der Waals surface area contributed by atoms with Crippen molar-refractivity contribution >= 4 is 22.5 Å². The molecule has 0 saturated carbocycles. The average Bonchev–Trinajstić information content (AvgIpc) is 3.23. The molecule has 0 bridgehead atoms. The van der Waals surface area contributed by atoms with Crippen molar-refractivity contribution < 1.29 is 4.79 Å². The second kappa shape index (κ2) is 8.35. The van der Waals surface area contributed by atoms with E-state index in [0.29, 0.717) is 12.1 Å². The number of amides is 1. The molecule has 0 fully saturated rings. The third kappa shape index (κ3) is 3.78. The molecule has 0 atom stereocenters. The van der Waals surface area contributed by atoms with E-state index in [1.54, 1.807) is 11.6 Å². The van der Waals surface area contributed by atoms with Crippen LogP contribution >= 0.6 is 0 Å². The first-order valence-corrected chi connectivity index (χ1v) is 10.9. The van der Waals surface area contributed by atoms with E-state index < -0.39 is 0 Å². The maximum absolute atomic E-state index is 12.8. The SMILES string of the molecule is Cn1c(=O)cc(C(=O)NCc2ccc(CN3CCc4ccccc43)cc2)c2ccccc21. The van der Waals surface area contributed by atoms with E-state index in [1.807, 2.05) is 24.3 Å². The van der Waals surface area contributed by atoms with Crippen molar-refractivity contribution in [3.8, 4) is 0 Å². The van der Waals surface area contributed by atoms with Gasteiger partial charge < -0.3 is 14.8 Å². The van der Waals surface area contributed by atoms with Crippen LogP contribution in [0.1, 0.15) is 27.0 Å². The number of carbonyl (C=O) groups excluding carboxylic acids is 1. The van der Waals surface area contributed by atoms with E-state index in [-0.39, 0.29) is 11.5 Å². The van der Waals surface area contributed by atoms with Crippen LogP contribution < -0.4 is 15.8 Å². The second-order valence-electron chi connectivity index (χ2n) is 8.27. The van der Waals surface area contributed by atoms with Crippen molar-refractivity contribution in [2.75, 3.05) is 11.4 Å². The van der Waals surface area contributed by atoms with E-state index >= 15 is 0 Å². The summed E-state index contributed by atoms with van der Waals surface area (Å²) in [5.74, 6) is -0.239. The van der Waals surface area contributed by atoms with Crippen LogP contribution in [0.5, 0.6) is 0 Å². The summed E-state index contributed by atoms with van der Waals surface area (Å²) in [6, 6.07) is 25.8. The lowest BCUT2D eigenvalue weighted by Gasteiger charge is -2.19. The molecule has 0 saturated heterocycles. The van der Waals surface area contributed by atoms with Gasteiger partial charge in [0.2, 0.25) is 0 Å². The zero-order valence-electron chi connectivity index (χ0n) is 18.0. The molecule has 0 unspecified atom stereocenters. The fourth-order valence-corrected chi connectivity index (χ4v) is 4.43. The Balaban J connectivity index is 1.26. The minimum absolute atomic E-state index is 0.193. The molecule has 4 aromatic rings. The summed E-state index contributed by atoms with van der Waals surface area (Å²) in [5, 5.41) is 3.73. The summed E-state index contributed by atoms with van der Waals surface area (Å²) >= 11 is 0. The Kier molecular flexibility index (Phi) is 5.23. The first-order chi connectivity index (χ1) is 15.6. The summed E-state index contributed by atoms with van der Waals surface area (Å²) < 4.78 is 1.56. The Labute approximate surface area is 186 Å². The molecule has 5 nitrogen and oxygen atoms in total. The highest BCUT2D eigenvalue weighted by molar-refractivity contribution is 6.06. The maximum atomic E-state index is 12.8. The molecule has 1 N–H and O–H groups in total. The predicted molar refractivity (Wildman–Crippen MR) is 128 cm³/mol. The number of hydrogen-bond donors (Lipinski definition) is 1.